The van der Waals surface area contributed by atoms with E-state index in [0.717, 1.165) is 23.7 Å². The lowest BCUT2D eigenvalue weighted by molar-refractivity contribution is 0.214. The van der Waals surface area contributed by atoms with Gasteiger partial charge in [-0.05, 0) is 31.0 Å². The van der Waals surface area contributed by atoms with E-state index in [9.17, 15) is 0 Å². The Morgan fingerprint density at radius 2 is 2.04 bits per heavy atom. The lowest BCUT2D eigenvalue weighted by atomic mass is 9.99. The van der Waals surface area contributed by atoms with Gasteiger partial charge in [0, 0.05) is 31.4 Å². The summed E-state index contributed by atoms with van der Waals surface area (Å²) in [6.07, 6.45) is 5.75. The van der Waals surface area contributed by atoms with Gasteiger partial charge in [-0.1, -0.05) is 23.5 Å². The average molecular weight is 326 g/mol. The van der Waals surface area contributed by atoms with E-state index in [-0.39, 0.29) is 0 Å². The summed E-state index contributed by atoms with van der Waals surface area (Å²) in [4.78, 5) is 15.4. The molecule has 1 saturated heterocycles. The number of thiazole rings is 1. The number of anilines is 1. The summed E-state index contributed by atoms with van der Waals surface area (Å²) >= 11 is 1.77. The van der Waals surface area contributed by atoms with Gasteiger partial charge in [0.25, 0.3) is 0 Å². The molecule has 0 radical (unpaired) electrons. The number of piperidine rings is 1. The van der Waals surface area contributed by atoms with Crippen LogP contribution in [0.15, 0.2) is 42.7 Å². The molecule has 2 aromatic heterocycles. The van der Waals surface area contributed by atoms with Crippen LogP contribution in [0.25, 0.3) is 10.2 Å². The Morgan fingerprint density at radius 3 is 2.91 bits per heavy atom. The number of hydrogen-bond donors (Lipinski definition) is 0. The summed E-state index contributed by atoms with van der Waals surface area (Å²) in [6, 6.07) is 10.6. The van der Waals surface area contributed by atoms with E-state index in [2.05, 4.69) is 33.1 Å². The van der Waals surface area contributed by atoms with Crippen molar-refractivity contribution in [3.8, 4) is 6.01 Å². The van der Waals surface area contributed by atoms with Crippen molar-refractivity contribution in [2.45, 2.75) is 12.8 Å². The Morgan fingerprint density at radius 1 is 1.17 bits per heavy atom. The van der Waals surface area contributed by atoms with E-state index in [0.29, 0.717) is 18.5 Å². The molecule has 4 rings (SSSR count). The van der Waals surface area contributed by atoms with Crippen LogP contribution in [0.1, 0.15) is 12.8 Å². The normalized spacial score (nSPS) is 18.3. The predicted octanol–water partition coefficient (Wildman–Crippen LogP) is 3.38. The van der Waals surface area contributed by atoms with E-state index in [4.69, 9.17) is 9.72 Å². The largest absolute Gasteiger partial charge is 0.463 e. The third kappa shape index (κ3) is 3.27. The minimum atomic E-state index is 0.463. The molecule has 3 aromatic rings. The zero-order valence-corrected chi connectivity index (χ0v) is 13.6. The molecule has 1 atom stereocenters. The van der Waals surface area contributed by atoms with E-state index >= 15 is 0 Å². The van der Waals surface area contributed by atoms with Gasteiger partial charge >= 0.3 is 6.01 Å². The highest BCUT2D eigenvalue weighted by atomic mass is 32.1. The monoisotopic (exact) mass is 326 g/mol. The van der Waals surface area contributed by atoms with Crippen molar-refractivity contribution in [3.05, 3.63) is 42.7 Å². The molecule has 0 spiro atoms. The molecular weight excluding hydrogens is 308 g/mol. The van der Waals surface area contributed by atoms with Crippen LogP contribution in [0.4, 0.5) is 5.13 Å². The highest BCUT2D eigenvalue weighted by molar-refractivity contribution is 7.22. The first-order chi connectivity index (χ1) is 11.4. The zero-order valence-electron chi connectivity index (χ0n) is 12.8. The number of ether oxygens (including phenoxy) is 1. The Kier molecular flexibility index (Phi) is 4.06. The first-order valence-corrected chi connectivity index (χ1v) is 8.70. The molecule has 1 unspecified atom stereocenters. The molecule has 6 heteroatoms. The predicted molar refractivity (Wildman–Crippen MR) is 92.1 cm³/mol. The van der Waals surface area contributed by atoms with E-state index in [1.54, 1.807) is 29.8 Å². The van der Waals surface area contributed by atoms with Gasteiger partial charge in [-0.25, -0.2) is 15.0 Å². The fourth-order valence-electron chi connectivity index (χ4n) is 2.92. The Balaban J connectivity index is 1.42. The molecule has 0 aliphatic carbocycles. The van der Waals surface area contributed by atoms with Gasteiger partial charge in [0.2, 0.25) is 0 Å². The number of hydrogen-bond acceptors (Lipinski definition) is 6. The molecule has 5 nitrogen and oxygen atoms in total. The highest BCUT2D eigenvalue weighted by Crippen LogP contribution is 2.31. The van der Waals surface area contributed by atoms with Gasteiger partial charge in [-0.3, -0.25) is 0 Å². The number of rotatable bonds is 4. The summed E-state index contributed by atoms with van der Waals surface area (Å²) in [5, 5.41) is 1.12. The average Bonchev–Trinajstić information content (AvgIpc) is 3.05. The van der Waals surface area contributed by atoms with Crippen LogP contribution in [0, 0.1) is 5.92 Å². The smallest absolute Gasteiger partial charge is 0.316 e. The van der Waals surface area contributed by atoms with E-state index in [1.807, 2.05) is 6.07 Å². The van der Waals surface area contributed by atoms with E-state index in [1.165, 1.54) is 17.5 Å². The Bertz CT molecular complexity index is 743. The third-order valence-electron chi connectivity index (χ3n) is 4.06. The van der Waals surface area contributed by atoms with Crippen LogP contribution < -0.4 is 9.64 Å². The van der Waals surface area contributed by atoms with Crippen LogP contribution in [0.3, 0.4) is 0 Å². The first kappa shape index (κ1) is 14.4. The molecule has 3 heterocycles. The lowest BCUT2D eigenvalue weighted by Crippen LogP contribution is -2.37. The van der Waals surface area contributed by atoms with Gasteiger partial charge in [0.05, 0.1) is 16.8 Å². The fourth-order valence-corrected chi connectivity index (χ4v) is 3.92. The molecule has 1 fully saturated rings. The van der Waals surface area contributed by atoms with Crippen LogP contribution in [0.2, 0.25) is 0 Å². The molecular formula is C17H18N4OS. The van der Waals surface area contributed by atoms with Crippen molar-refractivity contribution in [2.75, 3.05) is 24.6 Å². The van der Waals surface area contributed by atoms with Crippen LogP contribution in [-0.4, -0.2) is 34.6 Å². The Labute approximate surface area is 139 Å². The van der Waals surface area contributed by atoms with Crippen molar-refractivity contribution in [1.29, 1.82) is 0 Å². The van der Waals surface area contributed by atoms with Gasteiger partial charge in [0.1, 0.15) is 0 Å². The highest BCUT2D eigenvalue weighted by Gasteiger charge is 2.23. The molecule has 0 bridgehead atoms. The second-order valence-corrected chi connectivity index (χ2v) is 6.77. The van der Waals surface area contributed by atoms with Gasteiger partial charge in [0.15, 0.2) is 5.13 Å². The topological polar surface area (TPSA) is 51.1 Å². The molecule has 118 valence electrons. The molecule has 1 aliphatic heterocycles. The third-order valence-corrected chi connectivity index (χ3v) is 5.16. The maximum absolute atomic E-state index is 5.72. The van der Waals surface area contributed by atoms with Gasteiger partial charge < -0.3 is 9.64 Å². The van der Waals surface area contributed by atoms with Crippen molar-refractivity contribution in [2.24, 2.45) is 5.92 Å². The van der Waals surface area contributed by atoms with Gasteiger partial charge in [-0.2, -0.15) is 0 Å². The zero-order chi connectivity index (χ0) is 15.5. The summed E-state index contributed by atoms with van der Waals surface area (Å²) < 4.78 is 6.97. The fraction of sp³-hybridized carbons (Fsp3) is 0.353. The van der Waals surface area contributed by atoms with Crippen molar-refractivity contribution in [3.63, 3.8) is 0 Å². The second kappa shape index (κ2) is 6.50. The second-order valence-electron chi connectivity index (χ2n) is 5.76. The number of aromatic nitrogens is 3. The lowest BCUT2D eigenvalue weighted by Gasteiger charge is -2.32. The molecule has 0 amide bonds. The standard InChI is InChI=1S/C17H18N4OS/c1-2-7-15-14(6-1)20-17(23-15)21-10-3-5-13(11-21)12-22-16-18-8-4-9-19-16/h1-2,4,6-9,13H,3,5,10-12H2. The summed E-state index contributed by atoms with van der Waals surface area (Å²) in [7, 11) is 0. The summed E-state index contributed by atoms with van der Waals surface area (Å²) in [5.74, 6) is 0.486. The van der Waals surface area contributed by atoms with Crippen LogP contribution in [0.5, 0.6) is 6.01 Å². The number of benzene rings is 1. The number of para-hydroxylation sites is 1. The van der Waals surface area contributed by atoms with E-state index < -0.39 is 0 Å². The minimum Gasteiger partial charge on any atom is -0.463 e. The Hall–Kier alpha value is -2.21. The van der Waals surface area contributed by atoms with Gasteiger partial charge in [-0.15, -0.1) is 0 Å². The molecule has 1 aromatic carbocycles. The SMILES string of the molecule is c1cnc(OCC2CCCN(c3nc4ccccc4s3)C2)nc1. The van der Waals surface area contributed by atoms with Crippen molar-refractivity contribution < 1.29 is 4.74 Å². The summed E-state index contributed by atoms with van der Waals surface area (Å²) in [6.45, 7) is 2.70. The molecule has 1 aliphatic rings. The number of fused-ring (bicyclic) bond motifs is 1. The van der Waals surface area contributed by atoms with Crippen LogP contribution in [-0.2, 0) is 0 Å². The maximum Gasteiger partial charge on any atom is 0.316 e. The quantitative estimate of drug-likeness (QED) is 0.735. The van der Waals surface area contributed by atoms with Crippen molar-refractivity contribution >= 4 is 26.7 Å². The molecule has 0 saturated carbocycles. The minimum absolute atomic E-state index is 0.463. The molecule has 23 heavy (non-hydrogen) atoms. The first-order valence-electron chi connectivity index (χ1n) is 7.89. The van der Waals surface area contributed by atoms with Crippen molar-refractivity contribution in [1.82, 2.24) is 15.0 Å². The van der Waals surface area contributed by atoms with Crippen LogP contribution >= 0.6 is 11.3 Å². The number of nitrogens with zero attached hydrogens (tertiary/aromatic N) is 4. The molecule has 0 N–H and O–H groups in total. The summed E-state index contributed by atoms with van der Waals surface area (Å²) in [5.41, 5.74) is 1.09. The maximum atomic E-state index is 5.72.